The molecule has 0 spiro atoms. The average molecular weight is 218 g/mol. The van der Waals surface area contributed by atoms with Crippen molar-refractivity contribution in [2.45, 2.75) is 33.4 Å². The number of aliphatic imine (C=N–C) groups is 2. The van der Waals surface area contributed by atoms with Crippen molar-refractivity contribution in [3.63, 3.8) is 0 Å². The molecule has 0 saturated heterocycles. The van der Waals surface area contributed by atoms with Crippen LogP contribution in [-0.4, -0.2) is 17.8 Å². The fourth-order valence-electron chi connectivity index (χ4n) is 2.03. The summed E-state index contributed by atoms with van der Waals surface area (Å²) in [5.41, 5.74) is 1.64. The van der Waals surface area contributed by atoms with Gasteiger partial charge in [0.2, 0.25) is 17.8 Å². The van der Waals surface area contributed by atoms with E-state index in [2.05, 4.69) is 9.98 Å². The summed E-state index contributed by atoms with van der Waals surface area (Å²) in [6, 6.07) is 0. The summed E-state index contributed by atoms with van der Waals surface area (Å²) in [6.07, 6.45) is 5.02. The van der Waals surface area contributed by atoms with Crippen LogP contribution in [0.25, 0.3) is 0 Å². The van der Waals surface area contributed by atoms with Gasteiger partial charge < -0.3 is 0 Å². The Hall–Kier alpha value is -1.76. The number of nitrogens with zero attached hydrogens (tertiary/aromatic N) is 2. The maximum Gasteiger partial charge on any atom is 0.237 e. The molecule has 16 heavy (non-hydrogen) atoms. The lowest BCUT2D eigenvalue weighted by atomic mass is 9.77. The van der Waals surface area contributed by atoms with Crippen molar-refractivity contribution < 1.29 is 9.59 Å². The zero-order valence-electron chi connectivity index (χ0n) is 9.87. The second-order valence-corrected chi connectivity index (χ2v) is 4.05. The molecule has 1 aliphatic carbocycles. The summed E-state index contributed by atoms with van der Waals surface area (Å²) in [5, 5.41) is 0. The van der Waals surface area contributed by atoms with Crippen molar-refractivity contribution in [3.8, 4) is 0 Å². The summed E-state index contributed by atoms with van der Waals surface area (Å²) in [7, 11) is 0. The third-order valence-electron chi connectivity index (χ3n) is 3.31. The van der Waals surface area contributed by atoms with Gasteiger partial charge in [0.05, 0.1) is 0 Å². The van der Waals surface area contributed by atoms with Gasteiger partial charge in [-0.05, 0) is 31.9 Å². The molecule has 0 N–H and O–H groups in total. The summed E-state index contributed by atoms with van der Waals surface area (Å²) in [5.74, 6) is -0.140. The molecule has 84 valence electrons. The zero-order valence-corrected chi connectivity index (χ0v) is 9.87. The molecule has 0 amide bonds. The van der Waals surface area contributed by atoms with Crippen molar-refractivity contribution >= 4 is 12.2 Å². The van der Waals surface area contributed by atoms with Gasteiger partial charge in [0.25, 0.3) is 0 Å². The first-order chi connectivity index (χ1) is 7.49. The predicted octanol–water partition coefficient (Wildman–Crippen LogP) is 2.29. The van der Waals surface area contributed by atoms with Crippen LogP contribution in [0.15, 0.2) is 32.8 Å². The molecular weight excluding hydrogens is 204 g/mol. The predicted molar refractivity (Wildman–Crippen MR) is 60.3 cm³/mol. The van der Waals surface area contributed by atoms with Gasteiger partial charge in [0.1, 0.15) is 0 Å². The largest absolute Gasteiger partial charge is 0.237 e. The van der Waals surface area contributed by atoms with Crippen LogP contribution in [0, 0.1) is 5.92 Å². The van der Waals surface area contributed by atoms with Crippen LogP contribution < -0.4 is 0 Å². The van der Waals surface area contributed by atoms with Gasteiger partial charge in [-0.1, -0.05) is 18.6 Å². The first-order valence-electron chi connectivity index (χ1n) is 5.03. The Morgan fingerprint density at radius 3 is 2.12 bits per heavy atom. The lowest BCUT2D eigenvalue weighted by Gasteiger charge is -2.35. The highest BCUT2D eigenvalue weighted by Crippen LogP contribution is 2.41. The Morgan fingerprint density at radius 2 is 1.69 bits per heavy atom. The molecule has 4 nitrogen and oxygen atoms in total. The van der Waals surface area contributed by atoms with E-state index in [-0.39, 0.29) is 5.92 Å². The highest BCUT2D eigenvalue weighted by atomic mass is 16.1. The summed E-state index contributed by atoms with van der Waals surface area (Å²) in [6.45, 7) is 7.52. The normalized spacial score (nSPS) is 29.0. The molecule has 0 heterocycles. The minimum absolute atomic E-state index is 0.140. The van der Waals surface area contributed by atoms with Crippen LogP contribution >= 0.6 is 0 Å². The maximum atomic E-state index is 10.5. The van der Waals surface area contributed by atoms with E-state index in [1.165, 1.54) is 12.2 Å². The molecule has 0 radical (unpaired) electrons. The molecule has 0 aromatic heterocycles. The van der Waals surface area contributed by atoms with E-state index in [1.54, 1.807) is 0 Å². The Bertz CT molecular complexity index is 443. The van der Waals surface area contributed by atoms with Gasteiger partial charge >= 0.3 is 0 Å². The molecule has 0 bridgehead atoms. The standard InChI is InChI=1S/C12H14N2O2/c1-8-5-9(2)11(4)12(10(8)3,13-6-15)14-7-16/h5,10H,1-4H3. The van der Waals surface area contributed by atoms with Gasteiger partial charge in [0.15, 0.2) is 0 Å². The van der Waals surface area contributed by atoms with Crippen LogP contribution in [0.4, 0.5) is 0 Å². The van der Waals surface area contributed by atoms with Crippen molar-refractivity contribution in [3.05, 3.63) is 22.8 Å². The van der Waals surface area contributed by atoms with Gasteiger partial charge in [-0.25, -0.2) is 9.59 Å². The second kappa shape index (κ2) is 4.40. The van der Waals surface area contributed by atoms with Crippen LogP contribution in [0.5, 0.6) is 0 Å². The molecule has 1 aliphatic rings. The topological polar surface area (TPSA) is 58.9 Å². The molecule has 1 unspecified atom stereocenters. The van der Waals surface area contributed by atoms with Crippen molar-refractivity contribution in [1.29, 1.82) is 0 Å². The third kappa shape index (κ3) is 1.69. The Balaban J connectivity index is 3.55. The number of hydrogen-bond acceptors (Lipinski definition) is 4. The third-order valence-corrected chi connectivity index (χ3v) is 3.31. The Labute approximate surface area is 94.5 Å². The van der Waals surface area contributed by atoms with E-state index in [1.807, 2.05) is 33.8 Å². The van der Waals surface area contributed by atoms with Crippen LogP contribution in [-0.2, 0) is 9.59 Å². The van der Waals surface area contributed by atoms with Crippen molar-refractivity contribution in [1.82, 2.24) is 0 Å². The zero-order chi connectivity index (χ0) is 12.3. The number of carbonyl (C=O) groups excluding carboxylic acids is 2. The lowest BCUT2D eigenvalue weighted by molar-refractivity contribution is 0.385. The molecule has 1 atom stereocenters. The van der Waals surface area contributed by atoms with Crippen LogP contribution in [0.1, 0.15) is 27.7 Å². The fraction of sp³-hybridized carbons (Fsp3) is 0.500. The Kier molecular flexibility index (Phi) is 3.38. The fourth-order valence-corrected chi connectivity index (χ4v) is 2.03. The van der Waals surface area contributed by atoms with E-state index in [0.29, 0.717) is 0 Å². The number of allylic oxidation sites excluding steroid dienone is 2. The van der Waals surface area contributed by atoms with E-state index >= 15 is 0 Å². The van der Waals surface area contributed by atoms with Crippen LogP contribution in [0.3, 0.4) is 0 Å². The molecule has 0 fully saturated rings. The first kappa shape index (κ1) is 12.3. The molecule has 0 aliphatic heterocycles. The minimum Gasteiger partial charge on any atom is -0.211 e. The number of rotatable bonds is 2. The maximum absolute atomic E-state index is 10.5. The van der Waals surface area contributed by atoms with Gasteiger partial charge in [-0.3, -0.25) is 0 Å². The molecule has 0 aromatic carbocycles. The quantitative estimate of drug-likeness (QED) is 0.527. The summed E-state index contributed by atoms with van der Waals surface area (Å²) in [4.78, 5) is 28.5. The van der Waals surface area contributed by atoms with Crippen LogP contribution in [0.2, 0.25) is 0 Å². The molecule has 1 rings (SSSR count). The molecule has 4 heteroatoms. The molecular formula is C12H14N2O2. The lowest BCUT2D eigenvalue weighted by Crippen LogP contribution is -2.37. The van der Waals surface area contributed by atoms with Crippen molar-refractivity contribution in [2.75, 3.05) is 0 Å². The van der Waals surface area contributed by atoms with Gasteiger partial charge in [0, 0.05) is 5.92 Å². The smallest absolute Gasteiger partial charge is 0.211 e. The van der Waals surface area contributed by atoms with Gasteiger partial charge in [-0.15, -0.1) is 0 Å². The van der Waals surface area contributed by atoms with Gasteiger partial charge in [-0.2, -0.15) is 9.98 Å². The van der Waals surface area contributed by atoms with E-state index < -0.39 is 5.66 Å². The molecule has 0 saturated carbocycles. The SMILES string of the molecule is CC1=CC(C)=C(C)C(N=C=O)(N=C=O)C1C. The van der Waals surface area contributed by atoms with Crippen molar-refractivity contribution in [2.24, 2.45) is 15.9 Å². The van der Waals surface area contributed by atoms with E-state index in [0.717, 1.165) is 16.7 Å². The van der Waals surface area contributed by atoms with E-state index in [9.17, 15) is 9.59 Å². The average Bonchev–Trinajstić information content (AvgIpc) is 2.24. The number of isocyanates is 2. The highest BCUT2D eigenvalue weighted by Gasteiger charge is 2.42. The van der Waals surface area contributed by atoms with E-state index in [4.69, 9.17) is 0 Å². The Morgan fingerprint density at radius 1 is 1.19 bits per heavy atom. The number of hydrogen-bond donors (Lipinski definition) is 0. The highest BCUT2D eigenvalue weighted by molar-refractivity contribution is 5.49. The monoisotopic (exact) mass is 218 g/mol. The second-order valence-electron chi connectivity index (χ2n) is 4.05. The summed E-state index contributed by atoms with van der Waals surface area (Å²) < 4.78 is 0. The first-order valence-corrected chi connectivity index (χ1v) is 5.03. The molecule has 0 aromatic rings. The minimum atomic E-state index is -1.15. The summed E-state index contributed by atoms with van der Waals surface area (Å²) >= 11 is 0.